The van der Waals surface area contributed by atoms with Gasteiger partial charge in [0.25, 0.3) is 0 Å². The number of piperazine rings is 1. The fourth-order valence-electron chi connectivity index (χ4n) is 4.56. The van der Waals surface area contributed by atoms with Crippen molar-refractivity contribution in [1.29, 1.82) is 0 Å². The molecule has 0 aliphatic carbocycles. The predicted octanol–water partition coefficient (Wildman–Crippen LogP) is 1.40. The highest BCUT2D eigenvalue weighted by Crippen LogP contribution is 2.41. The first-order valence-corrected chi connectivity index (χ1v) is 11.4. The molecule has 4 rings (SSSR count). The van der Waals surface area contributed by atoms with Gasteiger partial charge in [0, 0.05) is 44.6 Å². The summed E-state index contributed by atoms with van der Waals surface area (Å²) < 4.78 is 28.0. The lowest BCUT2D eigenvalue weighted by Gasteiger charge is -2.35. The molecule has 0 radical (unpaired) electrons. The second kappa shape index (κ2) is 6.84. The van der Waals surface area contributed by atoms with E-state index in [-0.39, 0.29) is 23.8 Å². The Hall–Kier alpha value is -1.93. The summed E-state index contributed by atoms with van der Waals surface area (Å²) >= 11 is 0. The largest absolute Gasteiger partial charge is 0.340 e. The summed E-state index contributed by atoms with van der Waals surface area (Å²) in [6.45, 7) is 7.20. The first-order valence-electron chi connectivity index (χ1n) is 9.97. The van der Waals surface area contributed by atoms with Crippen LogP contribution >= 0.6 is 0 Å². The molecule has 0 saturated carbocycles. The van der Waals surface area contributed by atoms with Gasteiger partial charge in [0.2, 0.25) is 21.8 Å². The molecule has 1 fully saturated rings. The molecule has 8 heteroatoms. The van der Waals surface area contributed by atoms with Crippen LogP contribution in [-0.4, -0.2) is 61.7 Å². The third kappa shape index (κ3) is 3.03. The minimum Gasteiger partial charge on any atom is -0.340 e. The highest BCUT2D eigenvalue weighted by molar-refractivity contribution is 7.89. The van der Waals surface area contributed by atoms with Crippen LogP contribution in [0.2, 0.25) is 0 Å². The molecule has 1 aromatic carbocycles. The average molecular weight is 406 g/mol. The number of anilines is 1. The maximum absolute atomic E-state index is 13.3. The van der Waals surface area contributed by atoms with Crippen molar-refractivity contribution in [1.82, 2.24) is 9.21 Å². The average Bonchev–Trinajstić information content (AvgIpc) is 3.01. The lowest BCUT2D eigenvalue weighted by molar-refractivity contribution is -0.135. The molecule has 3 aliphatic heterocycles. The van der Waals surface area contributed by atoms with Crippen LogP contribution in [0.15, 0.2) is 17.0 Å². The van der Waals surface area contributed by atoms with Gasteiger partial charge in [-0.25, -0.2) is 8.42 Å². The van der Waals surface area contributed by atoms with E-state index in [0.29, 0.717) is 50.3 Å². The quantitative estimate of drug-likeness (QED) is 0.762. The number of carbonyl (C=O) groups is 2. The fourth-order valence-corrected chi connectivity index (χ4v) is 6.08. The van der Waals surface area contributed by atoms with Crippen LogP contribution in [0.25, 0.3) is 0 Å². The second-order valence-corrected chi connectivity index (χ2v) is 10.2. The summed E-state index contributed by atoms with van der Waals surface area (Å²) in [7, 11) is -3.62. The molecule has 0 aromatic heterocycles. The summed E-state index contributed by atoms with van der Waals surface area (Å²) in [5.74, 6) is 0.110. The summed E-state index contributed by atoms with van der Waals surface area (Å²) in [5, 5.41) is 0. The zero-order valence-electron chi connectivity index (χ0n) is 16.6. The van der Waals surface area contributed by atoms with Crippen molar-refractivity contribution in [2.75, 3.05) is 31.1 Å². The molecule has 3 aliphatic rings. The third-order valence-corrected chi connectivity index (χ3v) is 7.87. The van der Waals surface area contributed by atoms with Crippen molar-refractivity contribution in [3.8, 4) is 0 Å². The van der Waals surface area contributed by atoms with Gasteiger partial charge in [-0.15, -0.1) is 0 Å². The number of nitrogens with zero attached hydrogens (tertiary/aromatic N) is 3. The Kier molecular flexibility index (Phi) is 4.74. The smallest absolute Gasteiger partial charge is 0.243 e. The van der Waals surface area contributed by atoms with Crippen molar-refractivity contribution in [2.45, 2.75) is 51.0 Å². The minimum atomic E-state index is -3.62. The highest BCUT2D eigenvalue weighted by Gasteiger charge is 2.38. The van der Waals surface area contributed by atoms with E-state index in [1.165, 1.54) is 4.31 Å². The fraction of sp³-hybridized carbons (Fsp3) is 0.600. The van der Waals surface area contributed by atoms with E-state index >= 15 is 0 Å². The van der Waals surface area contributed by atoms with Crippen LogP contribution < -0.4 is 4.90 Å². The molecule has 1 saturated heterocycles. The number of aryl methyl sites for hydroxylation is 1. The monoisotopic (exact) mass is 405 g/mol. The molecule has 28 heavy (non-hydrogen) atoms. The second-order valence-electron chi connectivity index (χ2n) is 8.29. The van der Waals surface area contributed by atoms with Crippen LogP contribution in [0.1, 0.15) is 38.3 Å². The van der Waals surface area contributed by atoms with Crippen LogP contribution in [0.5, 0.6) is 0 Å². The Balaban J connectivity index is 1.60. The van der Waals surface area contributed by atoms with Crippen molar-refractivity contribution in [3.05, 3.63) is 23.3 Å². The number of sulfonamides is 1. The first kappa shape index (κ1) is 19.4. The summed E-state index contributed by atoms with van der Waals surface area (Å²) in [6, 6.07) is 3.57. The van der Waals surface area contributed by atoms with Crippen molar-refractivity contribution in [2.24, 2.45) is 5.92 Å². The van der Waals surface area contributed by atoms with E-state index in [0.717, 1.165) is 16.8 Å². The van der Waals surface area contributed by atoms with Crippen LogP contribution in [-0.2, 0) is 32.5 Å². The summed E-state index contributed by atoms with van der Waals surface area (Å²) in [4.78, 5) is 28.3. The predicted molar refractivity (Wildman–Crippen MR) is 106 cm³/mol. The number of rotatable bonds is 3. The van der Waals surface area contributed by atoms with Gasteiger partial charge >= 0.3 is 0 Å². The Morgan fingerprint density at radius 2 is 1.71 bits per heavy atom. The van der Waals surface area contributed by atoms with E-state index in [2.05, 4.69) is 0 Å². The van der Waals surface area contributed by atoms with Crippen molar-refractivity contribution in [3.63, 3.8) is 0 Å². The normalized spacial score (nSPS) is 22.7. The molecule has 0 N–H and O–H groups in total. The topological polar surface area (TPSA) is 78.0 Å². The Labute approximate surface area is 166 Å². The van der Waals surface area contributed by atoms with Gasteiger partial charge in [-0.3, -0.25) is 9.59 Å². The SMILES string of the molecule is CC(C)C(=O)N1CCN(S(=O)(=O)c2cc3c4c(c2)C[C@H](C)N4C(=O)CC3)CC1. The third-order valence-electron chi connectivity index (χ3n) is 6.00. The first-order chi connectivity index (χ1) is 13.2. The Morgan fingerprint density at radius 1 is 1.07 bits per heavy atom. The summed E-state index contributed by atoms with van der Waals surface area (Å²) in [5.41, 5.74) is 2.83. The van der Waals surface area contributed by atoms with Gasteiger partial charge in [0.1, 0.15) is 0 Å². The van der Waals surface area contributed by atoms with E-state index in [4.69, 9.17) is 0 Å². The maximum Gasteiger partial charge on any atom is 0.243 e. The number of benzene rings is 1. The van der Waals surface area contributed by atoms with Gasteiger partial charge in [-0.1, -0.05) is 13.8 Å². The molecular weight excluding hydrogens is 378 g/mol. The standard InChI is InChI=1S/C20H27N3O4S/c1-13(2)20(25)21-6-8-22(9-7-21)28(26,27)17-11-15-4-5-18(24)23-14(3)10-16(12-17)19(15)23/h11-14H,4-10H2,1-3H3/t14-/m0/s1. The molecule has 1 atom stereocenters. The van der Waals surface area contributed by atoms with Crippen molar-refractivity contribution >= 4 is 27.5 Å². The van der Waals surface area contributed by atoms with E-state index in [9.17, 15) is 18.0 Å². The number of hydrogen-bond acceptors (Lipinski definition) is 4. The molecule has 0 bridgehead atoms. The van der Waals surface area contributed by atoms with Crippen LogP contribution in [0.3, 0.4) is 0 Å². The van der Waals surface area contributed by atoms with Gasteiger partial charge < -0.3 is 9.80 Å². The molecule has 0 unspecified atom stereocenters. The molecule has 1 aromatic rings. The number of amides is 2. The summed E-state index contributed by atoms with van der Waals surface area (Å²) in [6.07, 6.45) is 1.70. The minimum absolute atomic E-state index is 0.0674. The Morgan fingerprint density at radius 3 is 2.36 bits per heavy atom. The number of hydrogen-bond donors (Lipinski definition) is 0. The Bertz CT molecular complexity index is 933. The van der Waals surface area contributed by atoms with Gasteiger partial charge in [0.05, 0.1) is 10.6 Å². The van der Waals surface area contributed by atoms with Crippen LogP contribution in [0, 0.1) is 5.92 Å². The zero-order chi connectivity index (χ0) is 20.2. The van der Waals surface area contributed by atoms with Gasteiger partial charge in [0.15, 0.2) is 0 Å². The zero-order valence-corrected chi connectivity index (χ0v) is 17.5. The molecule has 152 valence electrons. The lowest BCUT2D eigenvalue weighted by atomic mass is 10.00. The van der Waals surface area contributed by atoms with E-state index in [1.807, 2.05) is 25.7 Å². The number of carbonyl (C=O) groups excluding carboxylic acids is 2. The molecule has 3 heterocycles. The highest BCUT2D eigenvalue weighted by atomic mass is 32.2. The van der Waals surface area contributed by atoms with E-state index in [1.54, 1.807) is 17.0 Å². The molecular formula is C20H27N3O4S. The van der Waals surface area contributed by atoms with Crippen molar-refractivity contribution < 1.29 is 18.0 Å². The molecule has 7 nitrogen and oxygen atoms in total. The van der Waals surface area contributed by atoms with Gasteiger partial charge in [-0.05, 0) is 43.0 Å². The molecule has 0 spiro atoms. The van der Waals surface area contributed by atoms with Gasteiger partial charge in [-0.2, -0.15) is 4.31 Å². The van der Waals surface area contributed by atoms with Crippen LogP contribution in [0.4, 0.5) is 5.69 Å². The van der Waals surface area contributed by atoms with E-state index < -0.39 is 10.0 Å². The lowest BCUT2D eigenvalue weighted by Crippen LogP contribution is -2.51. The maximum atomic E-state index is 13.3. The molecule has 2 amide bonds.